The number of halogens is 2. The number of hydrogen-bond acceptors (Lipinski definition) is 8. The number of methoxy groups -OCH3 is 2. The third-order valence-corrected chi connectivity index (χ3v) is 12.3. The van der Waals surface area contributed by atoms with E-state index in [0.29, 0.717) is 27.5 Å². The zero-order valence-corrected chi connectivity index (χ0v) is 32.4. The Bertz CT molecular complexity index is 2110. The molecule has 0 radical (unpaired) electrons. The lowest BCUT2D eigenvalue weighted by atomic mass is 9.72. The van der Waals surface area contributed by atoms with Gasteiger partial charge in [-0.25, -0.2) is 9.97 Å². The highest BCUT2D eigenvalue weighted by Crippen LogP contribution is 2.45. The van der Waals surface area contributed by atoms with Crippen molar-refractivity contribution >= 4 is 35.0 Å². The Morgan fingerprint density at radius 3 is 1.64 bits per heavy atom. The Labute approximate surface area is 320 Å². The largest absolute Gasteiger partial charge is 0.481 e. The molecule has 0 saturated carbocycles. The number of likely N-dealkylation sites (tertiary alicyclic amines) is 4. The summed E-state index contributed by atoms with van der Waals surface area (Å²) >= 11 is 14.4. The SMILES string of the molecule is COc1nc(-c2cccc(-c3cccc(-c4cc(C)c(CN5CC6(C5)CN(C(C)=O)C6)c(OC)n4)c3Cl)c2Cl)ccc1CN1CC2(C1)CN(C(C)=O)C2. The van der Waals surface area contributed by atoms with Gasteiger partial charge in [0.05, 0.1) is 35.7 Å². The molecule has 10 nitrogen and oxygen atoms in total. The number of aryl methyl sites for hydroxylation is 1. The van der Waals surface area contributed by atoms with E-state index in [2.05, 4.69) is 28.9 Å². The van der Waals surface area contributed by atoms with Crippen molar-refractivity contribution in [2.24, 2.45) is 10.8 Å². The Morgan fingerprint density at radius 2 is 1.13 bits per heavy atom. The highest BCUT2D eigenvalue weighted by molar-refractivity contribution is 6.39. The minimum absolute atomic E-state index is 0.150. The van der Waals surface area contributed by atoms with Crippen LogP contribution in [0, 0.1) is 17.8 Å². The molecule has 2 aromatic carbocycles. The summed E-state index contributed by atoms with van der Waals surface area (Å²) in [4.78, 5) is 41.8. The molecule has 0 aliphatic carbocycles. The highest BCUT2D eigenvalue weighted by atomic mass is 35.5. The van der Waals surface area contributed by atoms with Crippen LogP contribution in [0.3, 0.4) is 0 Å². The first-order valence-electron chi connectivity index (χ1n) is 18.0. The molecule has 276 valence electrons. The van der Waals surface area contributed by atoms with Crippen molar-refractivity contribution in [3.63, 3.8) is 0 Å². The molecule has 4 aliphatic heterocycles. The smallest absolute Gasteiger partial charge is 0.219 e. The van der Waals surface area contributed by atoms with Gasteiger partial charge in [0.25, 0.3) is 0 Å². The van der Waals surface area contributed by atoms with Gasteiger partial charge in [0.15, 0.2) is 0 Å². The Hall–Kier alpha value is -4.22. The quantitative estimate of drug-likeness (QED) is 0.193. The fourth-order valence-corrected chi connectivity index (χ4v) is 9.48. The molecule has 2 spiro atoms. The molecule has 0 bridgehead atoms. The van der Waals surface area contributed by atoms with Crippen LogP contribution in [-0.4, -0.2) is 108 Å². The molecular formula is C41H44Cl2N6O4. The standard InChI is InChI=1S/C41H44Cl2N6O4/c1-25-14-35(45-39(53-5)33(25)16-47-19-41(20-47)23-49(24-41)27(3)51)32-11-7-9-30(37(32)43)29-8-6-10-31(36(29)42)34-13-12-28(38(44-34)52-4)15-46-17-40(18-46)21-48(22-40)26(2)50/h6-14H,15-24H2,1-5H3. The number of hydrogen-bond donors (Lipinski definition) is 0. The molecule has 4 aromatic rings. The van der Waals surface area contributed by atoms with Crippen LogP contribution >= 0.6 is 23.2 Å². The van der Waals surface area contributed by atoms with Crippen molar-refractivity contribution in [1.29, 1.82) is 0 Å². The molecule has 0 N–H and O–H groups in total. The van der Waals surface area contributed by atoms with E-state index in [1.54, 1.807) is 28.1 Å². The lowest BCUT2D eigenvalue weighted by molar-refractivity contribution is -0.158. The van der Waals surface area contributed by atoms with Crippen LogP contribution < -0.4 is 9.47 Å². The van der Waals surface area contributed by atoms with E-state index in [-0.39, 0.29) is 22.6 Å². The molecule has 4 aliphatic rings. The molecule has 0 unspecified atom stereocenters. The van der Waals surface area contributed by atoms with Crippen molar-refractivity contribution in [2.45, 2.75) is 33.9 Å². The monoisotopic (exact) mass is 754 g/mol. The van der Waals surface area contributed by atoms with Crippen LogP contribution in [0.25, 0.3) is 33.6 Å². The van der Waals surface area contributed by atoms with Gasteiger partial charge < -0.3 is 19.3 Å². The lowest BCUT2D eigenvalue weighted by Crippen LogP contribution is -2.72. The molecule has 53 heavy (non-hydrogen) atoms. The van der Waals surface area contributed by atoms with E-state index >= 15 is 0 Å². The van der Waals surface area contributed by atoms with E-state index in [1.807, 2.05) is 52.3 Å². The van der Waals surface area contributed by atoms with E-state index < -0.39 is 0 Å². The minimum Gasteiger partial charge on any atom is -0.481 e. The predicted octanol–water partition coefficient (Wildman–Crippen LogP) is 6.44. The van der Waals surface area contributed by atoms with Gasteiger partial charge in [-0.3, -0.25) is 19.4 Å². The van der Waals surface area contributed by atoms with Gasteiger partial charge in [-0.2, -0.15) is 0 Å². The van der Waals surface area contributed by atoms with Crippen molar-refractivity contribution in [1.82, 2.24) is 29.6 Å². The molecule has 4 saturated heterocycles. The molecule has 6 heterocycles. The molecule has 2 amide bonds. The average molecular weight is 756 g/mol. The number of amides is 2. The van der Waals surface area contributed by atoms with Crippen LogP contribution in [-0.2, 0) is 22.7 Å². The fourth-order valence-electron chi connectivity index (χ4n) is 8.83. The molecule has 12 heteroatoms. The number of pyridine rings is 2. The zero-order chi connectivity index (χ0) is 37.2. The zero-order valence-electron chi connectivity index (χ0n) is 30.8. The van der Waals surface area contributed by atoms with Crippen molar-refractivity contribution in [2.75, 3.05) is 66.6 Å². The van der Waals surface area contributed by atoms with Crippen LogP contribution in [0.5, 0.6) is 11.8 Å². The van der Waals surface area contributed by atoms with Crippen molar-refractivity contribution < 1.29 is 19.1 Å². The van der Waals surface area contributed by atoms with Crippen LogP contribution in [0.4, 0.5) is 0 Å². The maximum absolute atomic E-state index is 11.7. The minimum atomic E-state index is 0.150. The van der Waals surface area contributed by atoms with Gasteiger partial charge >= 0.3 is 0 Å². The first-order valence-corrected chi connectivity index (χ1v) is 18.8. The van der Waals surface area contributed by atoms with Gasteiger partial charge in [-0.05, 0) is 24.6 Å². The summed E-state index contributed by atoms with van der Waals surface area (Å²) in [7, 11) is 3.30. The van der Waals surface area contributed by atoms with E-state index in [4.69, 9.17) is 42.6 Å². The summed E-state index contributed by atoms with van der Waals surface area (Å²) in [5.41, 5.74) is 8.18. The Balaban J connectivity index is 0.999. The average Bonchev–Trinajstić information content (AvgIpc) is 3.06. The maximum Gasteiger partial charge on any atom is 0.219 e. The number of rotatable bonds is 9. The van der Waals surface area contributed by atoms with Crippen LogP contribution in [0.15, 0.2) is 54.6 Å². The topological polar surface area (TPSA) is 91.3 Å². The van der Waals surface area contributed by atoms with Gasteiger partial charge in [0.1, 0.15) is 0 Å². The van der Waals surface area contributed by atoms with E-state index in [0.717, 1.165) is 110 Å². The number of ether oxygens (including phenoxy) is 2. The van der Waals surface area contributed by atoms with E-state index in [9.17, 15) is 9.59 Å². The van der Waals surface area contributed by atoms with Gasteiger partial charge in [-0.1, -0.05) is 65.7 Å². The third kappa shape index (κ3) is 6.43. The van der Waals surface area contributed by atoms with Crippen molar-refractivity contribution in [3.05, 3.63) is 81.3 Å². The Morgan fingerprint density at radius 1 is 0.660 bits per heavy atom. The van der Waals surface area contributed by atoms with Gasteiger partial charge in [0.2, 0.25) is 23.6 Å². The van der Waals surface area contributed by atoms with Gasteiger partial charge in [-0.15, -0.1) is 0 Å². The lowest BCUT2D eigenvalue weighted by Gasteiger charge is -2.60. The maximum atomic E-state index is 11.7. The number of carbonyl (C=O) groups is 2. The second kappa shape index (κ2) is 13.6. The summed E-state index contributed by atoms with van der Waals surface area (Å²) in [5, 5.41) is 1.09. The highest BCUT2D eigenvalue weighted by Gasteiger charge is 2.53. The number of aromatic nitrogens is 2. The molecule has 4 fully saturated rings. The normalized spacial score (nSPS) is 18.6. The summed E-state index contributed by atoms with van der Waals surface area (Å²) in [6.45, 7) is 14.0. The van der Waals surface area contributed by atoms with Crippen molar-refractivity contribution in [3.8, 4) is 45.4 Å². The van der Waals surface area contributed by atoms with Crippen LogP contribution in [0.1, 0.15) is 30.5 Å². The Kier molecular flexibility index (Phi) is 9.16. The summed E-state index contributed by atoms with van der Waals surface area (Å²) in [5.74, 6) is 1.45. The molecular weight excluding hydrogens is 711 g/mol. The number of carbonyl (C=O) groups excluding carboxylic acids is 2. The molecule has 2 aromatic heterocycles. The number of nitrogens with zero attached hydrogens (tertiary/aromatic N) is 6. The summed E-state index contributed by atoms with van der Waals surface area (Å²) in [6.07, 6.45) is 0. The summed E-state index contributed by atoms with van der Waals surface area (Å²) < 4.78 is 11.6. The third-order valence-electron chi connectivity index (χ3n) is 11.5. The van der Waals surface area contributed by atoms with E-state index in [1.165, 1.54) is 0 Å². The number of benzene rings is 2. The second-order valence-corrected chi connectivity index (χ2v) is 16.3. The summed E-state index contributed by atoms with van der Waals surface area (Å²) in [6, 6.07) is 17.9. The fraction of sp³-hybridized carbons (Fsp3) is 0.415. The van der Waals surface area contributed by atoms with Gasteiger partial charge in [0, 0.05) is 124 Å². The first kappa shape index (κ1) is 35.8. The second-order valence-electron chi connectivity index (χ2n) is 15.6. The first-order chi connectivity index (χ1) is 25.4. The molecule has 0 atom stereocenters. The van der Waals surface area contributed by atoms with Crippen LogP contribution in [0.2, 0.25) is 10.0 Å². The predicted molar refractivity (Wildman–Crippen MR) is 206 cm³/mol. The molecule has 8 rings (SSSR count).